The minimum absolute atomic E-state index is 0.00785. The molecule has 0 atom stereocenters. The molecule has 1 amide bonds. The number of hydrogen-bond donors (Lipinski definition) is 2. The van der Waals surface area contributed by atoms with Crippen molar-refractivity contribution < 1.29 is 9.90 Å². The highest BCUT2D eigenvalue weighted by Crippen LogP contribution is 2.30. The molecule has 0 saturated heterocycles. The van der Waals surface area contributed by atoms with Crippen LogP contribution in [-0.4, -0.2) is 47.7 Å². The minimum atomic E-state index is -0.619. The smallest absolute Gasteiger partial charge is 0.234 e. The number of carbonyl (C=O) groups excluding carboxylic acids is 1. The molecule has 1 aliphatic rings. The van der Waals surface area contributed by atoms with E-state index >= 15 is 0 Å². The van der Waals surface area contributed by atoms with Gasteiger partial charge < -0.3 is 10.4 Å². The van der Waals surface area contributed by atoms with Crippen LogP contribution in [0.1, 0.15) is 33.1 Å². The summed E-state index contributed by atoms with van der Waals surface area (Å²) < 4.78 is 0. The zero-order valence-corrected chi connectivity index (χ0v) is 9.92. The van der Waals surface area contributed by atoms with E-state index in [1.165, 1.54) is 0 Å². The molecule has 15 heavy (non-hydrogen) atoms. The Bertz CT molecular complexity index is 225. The van der Waals surface area contributed by atoms with Gasteiger partial charge in [-0.2, -0.15) is 0 Å². The van der Waals surface area contributed by atoms with Crippen molar-refractivity contribution in [2.45, 2.75) is 44.8 Å². The molecule has 0 aliphatic heterocycles. The summed E-state index contributed by atoms with van der Waals surface area (Å²) >= 11 is 0. The molecule has 0 radical (unpaired) electrons. The lowest BCUT2D eigenvalue weighted by molar-refractivity contribution is -0.124. The summed E-state index contributed by atoms with van der Waals surface area (Å²) in [4.78, 5) is 13.5. The van der Waals surface area contributed by atoms with Crippen molar-refractivity contribution in [1.82, 2.24) is 10.2 Å². The summed E-state index contributed by atoms with van der Waals surface area (Å²) in [7, 11) is 1.92. The van der Waals surface area contributed by atoms with Crippen LogP contribution in [0.25, 0.3) is 0 Å². The third kappa shape index (κ3) is 3.80. The van der Waals surface area contributed by atoms with E-state index in [9.17, 15) is 9.90 Å². The molecule has 0 aromatic carbocycles. The van der Waals surface area contributed by atoms with E-state index in [2.05, 4.69) is 5.32 Å². The summed E-state index contributed by atoms with van der Waals surface area (Å²) in [5, 5.41) is 12.6. The normalized spacial score (nSPS) is 19.1. The number of hydrogen-bond acceptors (Lipinski definition) is 3. The van der Waals surface area contributed by atoms with Crippen molar-refractivity contribution in [3.05, 3.63) is 0 Å². The average Bonchev–Trinajstić information content (AvgIpc) is 2.11. The van der Waals surface area contributed by atoms with Crippen LogP contribution in [0.5, 0.6) is 0 Å². The second-order valence-electron chi connectivity index (χ2n) is 4.86. The van der Waals surface area contributed by atoms with E-state index < -0.39 is 5.60 Å². The maximum Gasteiger partial charge on any atom is 0.234 e. The Kier molecular flexibility index (Phi) is 4.11. The molecule has 1 fully saturated rings. The van der Waals surface area contributed by atoms with Gasteiger partial charge in [-0.3, -0.25) is 9.69 Å². The molecular formula is C11H22N2O2. The van der Waals surface area contributed by atoms with Gasteiger partial charge in [0.05, 0.1) is 12.1 Å². The van der Waals surface area contributed by atoms with Gasteiger partial charge in [0.15, 0.2) is 0 Å². The number of nitrogens with one attached hydrogen (secondary N) is 1. The largest absolute Gasteiger partial charge is 0.388 e. The first-order chi connectivity index (χ1) is 6.93. The molecule has 0 unspecified atom stereocenters. The quantitative estimate of drug-likeness (QED) is 0.694. The van der Waals surface area contributed by atoms with Gasteiger partial charge in [-0.05, 0) is 40.2 Å². The molecule has 0 aromatic heterocycles. The Hall–Kier alpha value is -0.610. The van der Waals surface area contributed by atoms with Gasteiger partial charge >= 0.3 is 0 Å². The van der Waals surface area contributed by atoms with Crippen molar-refractivity contribution in [2.24, 2.45) is 0 Å². The molecule has 0 bridgehead atoms. The number of rotatable bonds is 5. The van der Waals surface area contributed by atoms with E-state index in [0.29, 0.717) is 19.1 Å². The monoisotopic (exact) mass is 214 g/mol. The molecule has 0 aromatic rings. The third-order valence-corrected chi connectivity index (χ3v) is 3.17. The van der Waals surface area contributed by atoms with Crippen LogP contribution < -0.4 is 5.32 Å². The fraction of sp³-hybridized carbons (Fsp3) is 0.909. The number of carbonyl (C=O) groups is 1. The zero-order valence-electron chi connectivity index (χ0n) is 9.92. The van der Waals surface area contributed by atoms with Crippen LogP contribution in [-0.2, 0) is 4.79 Å². The van der Waals surface area contributed by atoms with Crippen molar-refractivity contribution >= 4 is 5.91 Å². The molecule has 4 heteroatoms. The molecule has 2 N–H and O–H groups in total. The standard InChI is InChI=1S/C11H22N2O2/c1-9(2)13(3)7-10(14)12-8-11(15)5-4-6-11/h9,15H,4-8H2,1-3H3,(H,12,14). The maximum absolute atomic E-state index is 11.5. The Balaban J connectivity index is 2.18. The van der Waals surface area contributed by atoms with Crippen molar-refractivity contribution in [3.8, 4) is 0 Å². The highest BCUT2D eigenvalue weighted by Gasteiger charge is 2.34. The van der Waals surface area contributed by atoms with E-state index in [0.717, 1.165) is 19.3 Å². The van der Waals surface area contributed by atoms with Gasteiger partial charge in [-0.25, -0.2) is 0 Å². The summed E-state index contributed by atoms with van der Waals surface area (Å²) in [6.45, 7) is 4.89. The predicted molar refractivity (Wildman–Crippen MR) is 59.6 cm³/mol. The topological polar surface area (TPSA) is 52.6 Å². The van der Waals surface area contributed by atoms with Crippen LogP contribution in [0.3, 0.4) is 0 Å². The lowest BCUT2D eigenvalue weighted by atomic mass is 9.80. The molecule has 1 saturated carbocycles. The van der Waals surface area contributed by atoms with Crippen LogP contribution in [0.2, 0.25) is 0 Å². The fourth-order valence-electron chi connectivity index (χ4n) is 1.49. The molecule has 4 nitrogen and oxygen atoms in total. The number of nitrogens with zero attached hydrogens (tertiary/aromatic N) is 1. The van der Waals surface area contributed by atoms with Crippen LogP contribution >= 0.6 is 0 Å². The van der Waals surface area contributed by atoms with E-state index in [-0.39, 0.29) is 5.91 Å². The Morgan fingerprint density at radius 3 is 2.53 bits per heavy atom. The van der Waals surface area contributed by atoms with E-state index in [1.54, 1.807) is 0 Å². The van der Waals surface area contributed by atoms with Gasteiger partial charge in [0.1, 0.15) is 0 Å². The molecule has 88 valence electrons. The molecule has 1 rings (SSSR count). The van der Waals surface area contributed by atoms with Gasteiger partial charge in [0.2, 0.25) is 5.91 Å². The number of aliphatic hydroxyl groups is 1. The summed E-state index contributed by atoms with van der Waals surface area (Å²) in [5.74, 6) is -0.00785. The highest BCUT2D eigenvalue weighted by atomic mass is 16.3. The van der Waals surface area contributed by atoms with Crippen LogP contribution in [0.15, 0.2) is 0 Å². The van der Waals surface area contributed by atoms with Gasteiger partial charge in [-0.15, -0.1) is 0 Å². The Labute approximate surface area is 91.6 Å². The number of amides is 1. The summed E-state index contributed by atoms with van der Waals surface area (Å²) in [6.07, 6.45) is 2.69. The second kappa shape index (κ2) is 4.94. The predicted octanol–water partition coefficient (Wildman–Crippen LogP) is 0.358. The SMILES string of the molecule is CC(C)N(C)CC(=O)NCC1(O)CCC1. The number of likely N-dealkylation sites (N-methyl/N-ethyl adjacent to an activating group) is 1. The maximum atomic E-state index is 11.5. The van der Waals surface area contributed by atoms with Crippen molar-refractivity contribution in [2.75, 3.05) is 20.1 Å². The molecule has 0 heterocycles. The molecular weight excluding hydrogens is 192 g/mol. The van der Waals surface area contributed by atoms with Gasteiger partial charge in [-0.1, -0.05) is 0 Å². The van der Waals surface area contributed by atoms with Crippen molar-refractivity contribution in [1.29, 1.82) is 0 Å². The van der Waals surface area contributed by atoms with Crippen molar-refractivity contribution in [3.63, 3.8) is 0 Å². The Morgan fingerprint density at radius 2 is 2.13 bits per heavy atom. The second-order valence-corrected chi connectivity index (χ2v) is 4.86. The molecule has 0 spiro atoms. The van der Waals surface area contributed by atoms with Crippen LogP contribution in [0.4, 0.5) is 0 Å². The van der Waals surface area contributed by atoms with Gasteiger partial charge in [0, 0.05) is 12.6 Å². The third-order valence-electron chi connectivity index (χ3n) is 3.17. The van der Waals surface area contributed by atoms with Gasteiger partial charge in [0.25, 0.3) is 0 Å². The highest BCUT2D eigenvalue weighted by molar-refractivity contribution is 5.78. The lowest BCUT2D eigenvalue weighted by Crippen LogP contribution is -2.49. The summed E-state index contributed by atoms with van der Waals surface area (Å²) in [5.41, 5.74) is -0.619. The Morgan fingerprint density at radius 1 is 1.53 bits per heavy atom. The first-order valence-corrected chi connectivity index (χ1v) is 5.62. The average molecular weight is 214 g/mol. The van der Waals surface area contributed by atoms with E-state index in [4.69, 9.17) is 0 Å². The van der Waals surface area contributed by atoms with E-state index in [1.807, 2.05) is 25.8 Å². The minimum Gasteiger partial charge on any atom is -0.388 e. The zero-order chi connectivity index (χ0) is 11.5. The first kappa shape index (κ1) is 12.5. The first-order valence-electron chi connectivity index (χ1n) is 5.62. The fourth-order valence-corrected chi connectivity index (χ4v) is 1.49. The summed E-state index contributed by atoms with van der Waals surface area (Å²) in [6, 6.07) is 0.363. The lowest BCUT2D eigenvalue weighted by Gasteiger charge is -2.36. The molecule has 1 aliphatic carbocycles. The van der Waals surface area contributed by atoms with Crippen LogP contribution in [0, 0.1) is 0 Å².